The third kappa shape index (κ3) is 4.35. The van der Waals surface area contributed by atoms with E-state index in [1.54, 1.807) is 0 Å². The fourth-order valence-corrected chi connectivity index (χ4v) is 2.90. The topological polar surface area (TPSA) is 47.3 Å². The number of hydrogen-bond donors (Lipinski definition) is 2. The van der Waals surface area contributed by atoms with Crippen LogP contribution in [0.25, 0.3) is 0 Å². The van der Waals surface area contributed by atoms with E-state index in [4.69, 9.17) is 10.5 Å². The molecule has 1 aromatic carbocycles. The van der Waals surface area contributed by atoms with Crippen LogP contribution in [0, 0.1) is 5.92 Å². The van der Waals surface area contributed by atoms with E-state index in [1.165, 1.54) is 0 Å². The molecule has 19 heavy (non-hydrogen) atoms. The van der Waals surface area contributed by atoms with Gasteiger partial charge in [0.1, 0.15) is 5.75 Å². The lowest BCUT2D eigenvalue weighted by molar-refractivity contribution is 0.300. The maximum atomic E-state index is 6.44. The highest BCUT2D eigenvalue weighted by Crippen LogP contribution is 2.34. The van der Waals surface area contributed by atoms with Crippen molar-refractivity contribution in [3.63, 3.8) is 0 Å². The summed E-state index contributed by atoms with van der Waals surface area (Å²) in [6.45, 7) is 4.81. The highest BCUT2D eigenvalue weighted by molar-refractivity contribution is 9.10. The van der Waals surface area contributed by atoms with Crippen molar-refractivity contribution in [3.05, 3.63) is 28.2 Å². The smallest absolute Gasteiger partial charge is 0.124 e. The number of piperidine rings is 1. The zero-order chi connectivity index (χ0) is 13.0. The lowest BCUT2D eigenvalue weighted by Crippen LogP contribution is -2.34. The van der Waals surface area contributed by atoms with Crippen molar-refractivity contribution in [2.24, 2.45) is 11.7 Å². The van der Waals surface area contributed by atoms with Crippen LogP contribution in [0.4, 0.5) is 0 Å². The van der Waals surface area contributed by atoms with Crippen molar-refractivity contribution < 1.29 is 4.74 Å². The van der Waals surface area contributed by atoms with Crippen molar-refractivity contribution in [3.8, 4) is 5.75 Å². The van der Waals surface area contributed by atoms with Gasteiger partial charge in [-0.25, -0.2) is 0 Å². The zero-order valence-electron chi connectivity index (χ0n) is 11.2. The molecule has 3 nitrogen and oxygen atoms in total. The van der Waals surface area contributed by atoms with E-state index >= 15 is 0 Å². The average Bonchev–Trinajstić information content (AvgIpc) is 2.41. The monoisotopic (exact) mass is 348 g/mol. The second kappa shape index (κ2) is 8.10. The Morgan fingerprint density at radius 1 is 1.42 bits per heavy atom. The molecule has 0 aliphatic carbocycles. The predicted molar refractivity (Wildman–Crippen MR) is 85.1 cm³/mol. The minimum absolute atomic E-state index is 0. The molecule has 1 saturated heterocycles. The zero-order valence-corrected chi connectivity index (χ0v) is 13.6. The van der Waals surface area contributed by atoms with Crippen LogP contribution in [0.5, 0.6) is 5.75 Å². The second-order valence-electron chi connectivity index (χ2n) is 4.73. The quantitative estimate of drug-likeness (QED) is 0.877. The molecular weight excluding hydrogens is 328 g/mol. The molecule has 3 N–H and O–H groups in total. The number of halogens is 2. The molecular formula is C14H22BrClN2O. The van der Waals surface area contributed by atoms with E-state index in [9.17, 15) is 0 Å². The Bertz CT molecular complexity index is 397. The van der Waals surface area contributed by atoms with Gasteiger partial charge in [-0.1, -0.05) is 15.9 Å². The summed E-state index contributed by atoms with van der Waals surface area (Å²) >= 11 is 3.52. The maximum absolute atomic E-state index is 6.44. The molecule has 1 atom stereocenters. The molecule has 0 spiro atoms. The number of rotatable bonds is 4. The number of nitrogens with two attached hydrogens (primary N) is 1. The van der Waals surface area contributed by atoms with Crippen molar-refractivity contribution in [1.82, 2.24) is 5.32 Å². The van der Waals surface area contributed by atoms with Gasteiger partial charge in [0.15, 0.2) is 0 Å². The van der Waals surface area contributed by atoms with Gasteiger partial charge in [0, 0.05) is 16.1 Å². The highest BCUT2D eigenvalue weighted by Gasteiger charge is 2.24. The SMILES string of the molecule is CCOc1ccc(Br)cc1[C@H](N)C1CCNCC1.Cl. The molecule has 0 amide bonds. The van der Waals surface area contributed by atoms with E-state index < -0.39 is 0 Å². The molecule has 1 aliphatic heterocycles. The molecule has 1 aliphatic rings. The fraction of sp³-hybridized carbons (Fsp3) is 0.571. The van der Waals surface area contributed by atoms with Gasteiger partial charge in [0.05, 0.1) is 6.61 Å². The van der Waals surface area contributed by atoms with Crippen LogP contribution in [0.15, 0.2) is 22.7 Å². The molecule has 5 heteroatoms. The van der Waals surface area contributed by atoms with Gasteiger partial charge in [-0.15, -0.1) is 12.4 Å². The van der Waals surface area contributed by atoms with Crippen LogP contribution < -0.4 is 15.8 Å². The molecule has 1 heterocycles. The van der Waals surface area contributed by atoms with Crippen molar-refractivity contribution >= 4 is 28.3 Å². The minimum atomic E-state index is 0. The first-order valence-corrected chi connectivity index (χ1v) is 7.40. The van der Waals surface area contributed by atoms with E-state index in [1.807, 2.05) is 19.1 Å². The van der Waals surface area contributed by atoms with E-state index in [0.29, 0.717) is 12.5 Å². The number of nitrogens with one attached hydrogen (secondary N) is 1. The first kappa shape index (κ1) is 16.8. The Balaban J connectivity index is 0.00000180. The summed E-state index contributed by atoms with van der Waals surface area (Å²) in [5.74, 6) is 1.46. The Labute approximate surface area is 129 Å². The van der Waals surface area contributed by atoms with Gasteiger partial charge in [0.25, 0.3) is 0 Å². The summed E-state index contributed by atoms with van der Waals surface area (Å²) in [7, 11) is 0. The fourth-order valence-electron chi connectivity index (χ4n) is 2.52. The summed E-state index contributed by atoms with van der Waals surface area (Å²) in [5, 5.41) is 3.38. The van der Waals surface area contributed by atoms with Gasteiger partial charge >= 0.3 is 0 Å². The normalized spacial score (nSPS) is 17.6. The largest absolute Gasteiger partial charge is 0.494 e. The molecule has 0 unspecified atom stereocenters. The highest BCUT2D eigenvalue weighted by atomic mass is 79.9. The van der Waals surface area contributed by atoms with Gasteiger partial charge in [-0.3, -0.25) is 0 Å². The van der Waals surface area contributed by atoms with Gasteiger partial charge < -0.3 is 15.8 Å². The van der Waals surface area contributed by atoms with Crippen molar-refractivity contribution in [2.45, 2.75) is 25.8 Å². The first-order chi connectivity index (χ1) is 8.72. The second-order valence-corrected chi connectivity index (χ2v) is 5.64. The number of ether oxygens (including phenoxy) is 1. The molecule has 108 valence electrons. The lowest BCUT2D eigenvalue weighted by atomic mass is 9.86. The van der Waals surface area contributed by atoms with Gasteiger partial charge in [0.2, 0.25) is 0 Å². The van der Waals surface area contributed by atoms with E-state index in [2.05, 4.69) is 27.3 Å². The van der Waals surface area contributed by atoms with E-state index in [0.717, 1.165) is 41.7 Å². The van der Waals surface area contributed by atoms with E-state index in [-0.39, 0.29) is 18.4 Å². The molecule has 0 radical (unpaired) electrons. The Hall–Kier alpha value is -0.290. The van der Waals surface area contributed by atoms with Gasteiger partial charge in [-0.05, 0) is 57.0 Å². The third-order valence-corrected chi connectivity index (χ3v) is 4.02. The predicted octanol–water partition coefficient (Wildman–Crippen LogP) is 3.27. The molecule has 2 rings (SSSR count). The molecule has 0 aromatic heterocycles. The lowest BCUT2D eigenvalue weighted by Gasteiger charge is -2.29. The Kier molecular flexibility index (Phi) is 7.15. The molecule has 1 fully saturated rings. The van der Waals surface area contributed by atoms with Crippen LogP contribution in [-0.4, -0.2) is 19.7 Å². The van der Waals surface area contributed by atoms with Crippen LogP contribution >= 0.6 is 28.3 Å². The first-order valence-electron chi connectivity index (χ1n) is 6.61. The standard InChI is InChI=1S/C14H21BrN2O.ClH/c1-2-18-13-4-3-11(15)9-12(13)14(16)10-5-7-17-8-6-10;/h3-4,9-10,14,17H,2,5-8,16H2,1H3;1H/t14-;/m1./s1. The van der Waals surface area contributed by atoms with Crippen LogP contribution in [0.1, 0.15) is 31.4 Å². The summed E-state index contributed by atoms with van der Waals surface area (Å²) in [6, 6.07) is 6.16. The Morgan fingerprint density at radius 3 is 2.74 bits per heavy atom. The van der Waals surface area contributed by atoms with Crippen LogP contribution in [-0.2, 0) is 0 Å². The van der Waals surface area contributed by atoms with Crippen LogP contribution in [0.3, 0.4) is 0 Å². The summed E-state index contributed by atoms with van der Waals surface area (Å²) in [5.41, 5.74) is 7.56. The summed E-state index contributed by atoms with van der Waals surface area (Å²) in [4.78, 5) is 0. The van der Waals surface area contributed by atoms with Crippen molar-refractivity contribution in [2.75, 3.05) is 19.7 Å². The number of hydrogen-bond acceptors (Lipinski definition) is 3. The number of benzene rings is 1. The third-order valence-electron chi connectivity index (χ3n) is 3.52. The summed E-state index contributed by atoms with van der Waals surface area (Å²) in [6.07, 6.45) is 2.28. The maximum Gasteiger partial charge on any atom is 0.124 e. The Morgan fingerprint density at radius 2 is 2.11 bits per heavy atom. The van der Waals surface area contributed by atoms with Crippen LogP contribution in [0.2, 0.25) is 0 Å². The molecule has 0 saturated carbocycles. The molecule has 0 bridgehead atoms. The van der Waals surface area contributed by atoms with Crippen molar-refractivity contribution in [1.29, 1.82) is 0 Å². The molecule has 1 aromatic rings. The van der Waals surface area contributed by atoms with Gasteiger partial charge in [-0.2, -0.15) is 0 Å². The average molecular weight is 350 g/mol. The summed E-state index contributed by atoms with van der Waals surface area (Å²) < 4.78 is 6.75. The minimum Gasteiger partial charge on any atom is -0.494 e.